The molecule has 6 heteroatoms. The SMILES string of the molecule is CCc1cn[nH]c1NC(=O)CSCc1cccc(Cl)c1. The van der Waals surface area contributed by atoms with E-state index in [0.29, 0.717) is 11.6 Å². The van der Waals surface area contributed by atoms with Crippen molar-refractivity contribution in [1.29, 1.82) is 0 Å². The van der Waals surface area contributed by atoms with Crippen molar-refractivity contribution in [3.05, 3.63) is 46.6 Å². The van der Waals surface area contributed by atoms with Crippen molar-refractivity contribution in [2.24, 2.45) is 0 Å². The summed E-state index contributed by atoms with van der Waals surface area (Å²) < 4.78 is 0. The lowest BCUT2D eigenvalue weighted by molar-refractivity contribution is -0.113. The molecule has 0 radical (unpaired) electrons. The van der Waals surface area contributed by atoms with Crippen LogP contribution >= 0.6 is 23.4 Å². The summed E-state index contributed by atoms with van der Waals surface area (Å²) in [6, 6.07) is 7.67. The van der Waals surface area contributed by atoms with Crippen molar-refractivity contribution in [2.45, 2.75) is 19.1 Å². The summed E-state index contributed by atoms with van der Waals surface area (Å²) in [5.74, 6) is 1.82. The molecule has 0 spiro atoms. The molecule has 1 heterocycles. The highest BCUT2D eigenvalue weighted by atomic mass is 35.5. The van der Waals surface area contributed by atoms with Gasteiger partial charge in [-0.3, -0.25) is 9.89 Å². The summed E-state index contributed by atoms with van der Waals surface area (Å²) in [4.78, 5) is 11.8. The summed E-state index contributed by atoms with van der Waals surface area (Å²) in [5.41, 5.74) is 2.13. The Kier molecular flexibility index (Phi) is 5.49. The van der Waals surface area contributed by atoms with Gasteiger partial charge in [0.05, 0.1) is 11.9 Å². The number of rotatable bonds is 6. The Balaban J connectivity index is 1.78. The number of nitrogens with one attached hydrogen (secondary N) is 2. The van der Waals surface area contributed by atoms with Crippen LogP contribution in [-0.4, -0.2) is 21.9 Å². The van der Waals surface area contributed by atoms with Crippen LogP contribution in [0.15, 0.2) is 30.5 Å². The number of benzene rings is 1. The fraction of sp³-hybridized carbons (Fsp3) is 0.286. The van der Waals surface area contributed by atoms with Crippen LogP contribution in [0.25, 0.3) is 0 Å². The lowest BCUT2D eigenvalue weighted by Gasteiger charge is -2.05. The van der Waals surface area contributed by atoms with Crippen LogP contribution in [-0.2, 0) is 17.0 Å². The van der Waals surface area contributed by atoms with Crippen LogP contribution in [0.4, 0.5) is 5.82 Å². The Morgan fingerprint density at radius 3 is 3.10 bits per heavy atom. The Morgan fingerprint density at radius 2 is 2.35 bits per heavy atom. The van der Waals surface area contributed by atoms with Gasteiger partial charge in [0.15, 0.2) is 0 Å². The molecular formula is C14H16ClN3OS. The summed E-state index contributed by atoms with van der Waals surface area (Å²) in [5, 5.41) is 10.3. The molecule has 0 saturated heterocycles. The number of aromatic nitrogens is 2. The van der Waals surface area contributed by atoms with Crippen molar-refractivity contribution in [3.8, 4) is 0 Å². The number of H-pyrrole nitrogens is 1. The van der Waals surface area contributed by atoms with Gasteiger partial charge in [-0.1, -0.05) is 30.7 Å². The average Bonchev–Trinajstić information content (AvgIpc) is 2.86. The van der Waals surface area contributed by atoms with E-state index in [0.717, 1.165) is 28.3 Å². The molecule has 0 aliphatic carbocycles. The Bertz CT molecular complexity index is 585. The summed E-state index contributed by atoms with van der Waals surface area (Å²) >= 11 is 7.47. The van der Waals surface area contributed by atoms with Gasteiger partial charge in [-0.15, -0.1) is 11.8 Å². The maximum absolute atomic E-state index is 11.8. The first kappa shape index (κ1) is 14.9. The van der Waals surface area contributed by atoms with E-state index in [2.05, 4.69) is 15.5 Å². The summed E-state index contributed by atoms with van der Waals surface area (Å²) in [6.45, 7) is 2.02. The van der Waals surface area contributed by atoms with Crippen LogP contribution in [0.2, 0.25) is 5.02 Å². The second-order valence-corrected chi connectivity index (χ2v) is 5.72. The van der Waals surface area contributed by atoms with Crippen molar-refractivity contribution >= 4 is 35.1 Å². The second-order valence-electron chi connectivity index (χ2n) is 4.29. The minimum Gasteiger partial charge on any atom is -0.310 e. The van der Waals surface area contributed by atoms with E-state index in [1.807, 2.05) is 31.2 Å². The Hall–Kier alpha value is -1.46. The molecule has 2 N–H and O–H groups in total. The fourth-order valence-corrected chi connectivity index (χ4v) is 2.74. The molecule has 0 aliphatic rings. The van der Waals surface area contributed by atoms with Crippen LogP contribution in [0.1, 0.15) is 18.1 Å². The van der Waals surface area contributed by atoms with E-state index in [1.54, 1.807) is 18.0 Å². The molecule has 106 valence electrons. The molecule has 0 atom stereocenters. The molecule has 4 nitrogen and oxygen atoms in total. The summed E-state index contributed by atoms with van der Waals surface area (Å²) in [7, 11) is 0. The topological polar surface area (TPSA) is 57.8 Å². The van der Waals surface area contributed by atoms with Crippen molar-refractivity contribution in [3.63, 3.8) is 0 Å². The number of aromatic amines is 1. The molecule has 0 bridgehead atoms. The molecule has 1 aromatic heterocycles. The van der Waals surface area contributed by atoms with Gasteiger partial charge in [-0.2, -0.15) is 5.10 Å². The van der Waals surface area contributed by atoms with Gasteiger partial charge in [0.25, 0.3) is 0 Å². The maximum atomic E-state index is 11.8. The molecule has 1 aromatic carbocycles. The van der Waals surface area contributed by atoms with E-state index < -0.39 is 0 Å². The molecule has 20 heavy (non-hydrogen) atoms. The fourth-order valence-electron chi connectivity index (χ4n) is 1.75. The van der Waals surface area contributed by atoms with Crippen molar-refractivity contribution < 1.29 is 4.79 Å². The molecule has 2 aromatic rings. The molecule has 0 unspecified atom stereocenters. The molecule has 2 rings (SSSR count). The molecule has 1 amide bonds. The first-order chi connectivity index (χ1) is 9.69. The largest absolute Gasteiger partial charge is 0.310 e. The van der Waals surface area contributed by atoms with Gasteiger partial charge in [-0.05, 0) is 24.1 Å². The third kappa shape index (κ3) is 4.28. The first-order valence-electron chi connectivity index (χ1n) is 6.33. The number of thioether (sulfide) groups is 1. The number of carbonyl (C=O) groups is 1. The van der Waals surface area contributed by atoms with Gasteiger partial charge in [-0.25, -0.2) is 0 Å². The smallest absolute Gasteiger partial charge is 0.235 e. The van der Waals surface area contributed by atoms with E-state index >= 15 is 0 Å². The zero-order chi connectivity index (χ0) is 14.4. The normalized spacial score (nSPS) is 10.5. The summed E-state index contributed by atoms with van der Waals surface area (Å²) in [6.07, 6.45) is 2.57. The maximum Gasteiger partial charge on any atom is 0.235 e. The number of nitrogens with zero attached hydrogens (tertiary/aromatic N) is 1. The average molecular weight is 310 g/mol. The molecule has 0 saturated carbocycles. The first-order valence-corrected chi connectivity index (χ1v) is 7.86. The highest BCUT2D eigenvalue weighted by molar-refractivity contribution is 7.99. The van der Waals surface area contributed by atoms with E-state index in [-0.39, 0.29) is 5.91 Å². The van der Waals surface area contributed by atoms with Gasteiger partial charge in [0, 0.05) is 16.3 Å². The van der Waals surface area contributed by atoms with Crippen molar-refractivity contribution in [2.75, 3.05) is 11.1 Å². The van der Waals surface area contributed by atoms with Crippen LogP contribution in [0, 0.1) is 0 Å². The number of carbonyl (C=O) groups excluding carboxylic acids is 1. The second kappa shape index (κ2) is 7.36. The highest BCUT2D eigenvalue weighted by Gasteiger charge is 2.07. The zero-order valence-corrected chi connectivity index (χ0v) is 12.7. The van der Waals surface area contributed by atoms with E-state index in [9.17, 15) is 4.79 Å². The Labute approximate surface area is 127 Å². The zero-order valence-electron chi connectivity index (χ0n) is 11.1. The standard InChI is InChI=1S/C14H16ClN3OS/c1-2-11-7-16-18-14(11)17-13(19)9-20-8-10-4-3-5-12(15)6-10/h3-7H,2,8-9H2,1H3,(H2,16,17,18,19). The minimum atomic E-state index is -0.0315. The van der Waals surface area contributed by atoms with E-state index in [4.69, 9.17) is 11.6 Å². The minimum absolute atomic E-state index is 0.0315. The predicted octanol–water partition coefficient (Wildman–Crippen LogP) is 3.50. The highest BCUT2D eigenvalue weighted by Crippen LogP contribution is 2.17. The monoisotopic (exact) mass is 309 g/mol. The predicted molar refractivity (Wildman–Crippen MR) is 84.2 cm³/mol. The number of amides is 1. The molecule has 0 aliphatic heterocycles. The molecular weight excluding hydrogens is 294 g/mol. The van der Waals surface area contributed by atoms with Gasteiger partial charge < -0.3 is 5.32 Å². The van der Waals surface area contributed by atoms with Gasteiger partial charge in [0.1, 0.15) is 5.82 Å². The Morgan fingerprint density at radius 1 is 1.50 bits per heavy atom. The third-order valence-corrected chi connectivity index (χ3v) is 3.99. The number of aryl methyl sites for hydroxylation is 1. The number of halogens is 1. The van der Waals surface area contributed by atoms with Crippen LogP contribution in [0.3, 0.4) is 0 Å². The van der Waals surface area contributed by atoms with Crippen LogP contribution < -0.4 is 5.32 Å². The van der Waals surface area contributed by atoms with Gasteiger partial charge in [0.2, 0.25) is 5.91 Å². The van der Waals surface area contributed by atoms with Crippen LogP contribution in [0.5, 0.6) is 0 Å². The van der Waals surface area contributed by atoms with Crippen molar-refractivity contribution in [1.82, 2.24) is 10.2 Å². The quantitative estimate of drug-likeness (QED) is 0.858. The number of anilines is 1. The lowest BCUT2D eigenvalue weighted by Crippen LogP contribution is -2.15. The number of hydrogen-bond acceptors (Lipinski definition) is 3. The number of hydrogen-bond donors (Lipinski definition) is 2. The van der Waals surface area contributed by atoms with E-state index in [1.165, 1.54) is 0 Å². The molecule has 0 fully saturated rings. The lowest BCUT2D eigenvalue weighted by atomic mass is 10.2. The third-order valence-electron chi connectivity index (χ3n) is 2.75. The van der Waals surface area contributed by atoms with Gasteiger partial charge >= 0.3 is 0 Å².